The van der Waals surface area contributed by atoms with Crippen LogP contribution in [-0.4, -0.2) is 15.8 Å². The molecule has 0 bridgehead atoms. The van der Waals surface area contributed by atoms with E-state index in [1.807, 2.05) is 29.1 Å². The standard InChI is InChI=1S/C18H25N3/c1-14(16-8-6-7-9-16)20-15(2)17-12-19-21(13-17)18-10-4-3-5-11-18/h3-5,10-16,20H,6-9H2,1-2H3. The van der Waals surface area contributed by atoms with Crippen molar-refractivity contribution in [1.29, 1.82) is 0 Å². The van der Waals surface area contributed by atoms with E-state index in [2.05, 4.69) is 42.6 Å². The lowest BCUT2D eigenvalue weighted by Crippen LogP contribution is -2.34. The first-order valence-corrected chi connectivity index (χ1v) is 8.10. The van der Waals surface area contributed by atoms with Crippen LogP contribution in [0.3, 0.4) is 0 Å². The Morgan fingerprint density at radius 1 is 1.14 bits per heavy atom. The maximum atomic E-state index is 4.49. The number of para-hydroxylation sites is 1. The number of benzene rings is 1. The minimum absolute atomic E-state index is 0.345. The number of aromatic nitrogens is 2. The van der Waals surface area contributed by atoms with E-state index >= 15 is 0 Å². The number of nitrogens with one attached hydrogen (secondary N) is 1. The molecule has 1 fully saturated rings. The van der Waals surface area contributed by atoms with E-state index in [0.717, 1.165) is 11.6 Å². The fourth-order valence-corrected chi connectivity index (χ4v) is 3.37. The summed E-state index contributed by atoms with van der Waals surface area (Å²) in [6.07, 6.45) is 9.67. The van der Waals surface area contributed by atoms with E-state index in [9.17, 15) is 0 Å². The predicted molar refractivity (Wildman–Crippen MR) is 86.5 cm³/mol. The summed E-state index contributed by atoms with van der Waals surface area (Å²) in [5.41, 5.74) is 2.36. The van der Waals surface area contributed by atoms with Gasteiger partial charge in [-0.05, 0) is 44.7 Å². The highest BCUT2D eigenvalue weighted by molar-refractivity contribution is 5.31. The Morgan fingerprint density at radius 3 is 2.57 bits per heavy atom. The van der Waals surface area contributed by atoms with Crippen molar-refractivity contribution < 1.29 is 0 Å². The Balaban J connectivity index is 1.65. The summed E-state index contributed by atoms with van der Waals surface area (Å²) in [6, 6.07) is 11.2. The molecule has 1 aromatic heterocycles. The van der Waals surface area contributed by atoms with Gasteiger partial charge in [0.1, 0.15) is 0 Å². The molecule has 112 valence electrons. The van der Waals surface area contributed by atoms with Crippen LogP contribution >= 0.6 is 0 Å². The van der Waals surface area contributed by atoms with Crippen molar-refractivity contribution in [2.45, 2.75) is 51.6 Å². The molecule has 1 saturated carbocycles. The fourth-order valence-electron chi connectivity index (χ4n) is 3.37. The molecule has 2 aromatic rings. The van der Waals surface area contributed by atoms with Gasteiger partial charge in [-0.25, -0.2) is 4.68 Å². The minimum atomic E-state index is 0.345. The molecular weight excluding hydrogens is 258 g/mol. The molecule has 1 aromatic carbocycles. The van der Waals surface area contributed by atoms with Gasteiger partial charge >= 0.3 is 0 Å². The third-order valence-corrected chi connectivity index (χ3v) is 4.74. The number of rotatable bonds is 5. The van der Waals surface area contributed by atoms with Crippen molar-refractivity contribution in [3.8, 4) is 5.69 Å². The number of nitrogens with zero attached hydrogens (tertiary/aromatic N) is 2. The van der Waals surface area contributed by atoms with Crippen LogP contribution in [0.5, 0.6) is 0 Å². The third-order valence-electron chi connectivity index (χ3n) is 4.74. The highest BCUT2D eigenvalue weighted by atomic mass is 15.3. The normalized spacial score (nSPS) is 18.8. The van der Waals surface area contributed by atoms with Crippen molar-refractivity contribution in [2.75, 3.05) is 0 Å². The summed E-state index contributed by atoms with van der Waals surface area (Å²) in [5, 5.41) is 8.24. The molecule has 1 aliphatic rings. The molecule has 21 heavy (non-hydrogen) atoms. The Bertz CT molecular complexity index is 555. The summed E-state index contributed by atoms with van der Waals surface area (Å²) in [5.74, 6) is 0.844. The molecule has 2 unspecified atom stereocenters. The Labute approximate surface area is 127 Å². The highest BCUT2D eigenvalue weighted by Gasteiger charge is 2.23. The largest absolute Gasteiger partial charge is 0.307 e. The first-order valence-electron chi connectivity index (χ1n) is 8.10. The second-order valence-corrected chi connectivity index (χ2v) is 6.28. The molecule has 3 nitrogen and oxygen atoms in total. The summed E-state index contributed by atoms with van der Waals surface area (Å²) in [7, 11) is 0. The van der Waals surface area contributed by atoms with Crippen molar-refractivity contribution >= 4 is 0 Å². The second-order valence-electron chi connectivity index (χ2n) is 6.28. The summed E-state index contributed by atoms with van der Waals surface area (Å²) in [6.45, 7) is 4.56. The average Bonchev–Trinajstić information content (AvgIpc) is 3.20. The Kier molecular flexibility index (Phi) is 4.39. The smallest absolute Gasteiger partial charge is 0.0645 e. The van der Waals surface area contributed by atoms with Crippen LogP contribution in [0, 0.1) is 5.92 Å². The molecule has 2 atom stereocenters. The first-order chi connectivity index (χ1) is 10.2. The molecule has 3 rings (SSSR count). The quantitative estimate of drug-likeness (QED) is 0.895. The van der Waals surface area contributed by atoms with Crippen LogP contribution < -0.4 is 5.32 Å². The Morgan fingerprint density at radius 2 is 1.86 bits per heavy atom. The van der Waals surface area contributed by atoms with Gasteiger partial charge in [0.05, 0.1) is 11.9 Å². The molecular formula is C18H25N3. The van der Waals surface area contributed by atoms with Crippen LogP contribution in [0.4, 0.5) is 0 Å². The molecule has 0 aliphatic heterocycles. The van der Waals surface area contributed by atoms with E-state index in [-0.39, 0.29) is 0 Å². The molecule has 0 saturated heterocycles. The van der Waals surface area contributed by atoms with Crippen molar-refractivity contribution in [1.82, 2.24) is 15.1 Å². The maximum Gasteiger partial charge on any atom is 0.0645 e. The van der Waals surface area contributed by atoms with Gasteiger partial charge in [0, 0.05) is 23.8 Å². The molecule has 0 spiro atoms. The van der Waals surface area contributed by atoms with Gasteiger partial charge < -0.3 is 5.32 Å². The molecule has 1 N–H and O–H groups in total. The van der Waals surface area contributed by atoms with Gasteiger partial charge in [0.15, 0.2) is 0 Å². The van der Waals surface area contributed by atoms with Gasteiger partial charge in [-0.3, -0.25) is 0 Å². The first kappa shape index (κ1) is 14.3. The Hall–Kier alpha value is -1.61. The van der Waals surface area contributed by atoms with Gasteiger partial charge in [0.25, 0.3) is 0 Å². The van der Waals surface area contributed by atoms with Crippen molar-refractivity contribution in [3.05, 3.63) is 48.3 Å². The van der Waals surface area contributed by atoms with Gasteiger partial charge in [0.2, 0.25) is 0 Å². The lowest BCUT2D eigenvalue weighted by Gasteiger charge is -2.24. The van der Waals surface area contributed by atoms with Gasteiger partial charge in [-0.15, -0.1) is 0 Å². The van der Waals surface area contributed by atoms with E-state index < -0.39 is 0 Å². The van der Waals surface area contributed by atoms with Crippen LogP contribution in [0.1, 0.15) is 51.1 Å². The third kappa shape index (κ3) is 3.35. The van der Waals surface area contributed by atoms with Crippen LogP contribution in [-0.2, 0) is 0 Å². The minimum Gasteiger partial charge on any atom is -0.307 e. The molecule has 1 heterocycles. The molecule has 1 aliphatic carbocycles. The zero-order valence-electron chi connectivity index (χ0n) is 13.0. The second kappa shape index (κ2) is 6.44. The fraction of sp³-hybridized carbons (Fsp3) is 0.500. The lowest BCUT2D eigenvalue weighted by molar-refractivity contribution is 0.352. The summed E-state index contributed by atoms with van der Waals surface area (Å²) < 4.78 is 1.95. The highest BCUT2D eigenvalue weighted by Crippen LogP contribution is 2.28. The zero-order valence-corrected chi connectivity index (χ0v) is 13.0. The SMILES string of the molecule is CC(NC(C)C1CCCC1)c1cnn(-c2ccccc2)c1. The van der Waals surface area contributed by atoms with Crippen LogP contribution in [0.2, 0.25) is 0 Å². The maximum absolute atomic E-state index is 4.49. The van der Waals surface area contributed by atoms with Gasteiger partial charge in [-0.1, -0.05) is 31.0 Å². The van der Waals surface area contributed by atoms with E-state index in [1.54, 1.807) is 0 Å². The lowest BCUT2D eigenvalue weighted by atomic mass is 9.98. The number of hydrogen-bond acceptors (Lipinski definition) is 2. The zero-order chi connectivity index (χ0) is 14.7. The molecule has 3 heteroatoms. The molecule has 0 amide bonds. The van der Waals surface area contributed by atoms with Crippen molar-refractivity contribution in [2.24, 2.45) is 5.92 Å². The van der Waals surface area contributed by atoms with Crippen molar-refractivity contribution in [3.63, 3.8) is 0 Å². The average molecular weight is 283 g/mol. The van der Waals surface area contributed by atoms with Gasteiger partial charge in [-0.2, -0.15) is 5.10 Å². The number of hydrogen-bond donors (Lipinski definition) is 1. The topological polar surface area (TPSA) is 29.9 Å². The van der Waals surface area contributed by atoms with Crippen LogP contribution in [0.25, 0.3) is 5.69 Å². The van der Waals surface area contributed by atoms with E-state index in [1.165, 1.54) is 31.2 Å². The van der Waals surface area contributed by atoms with E-state index in [0.29, 0.717) is 12.1 Å². The predicted octanol–water partition coefficient (Wildman–Crippen LogP) is 4.10. The van der Waals surface area contributed by atoms with Crippen LogP contribution in [0.15, 0.2) is 42.7 Å². The van der Waals surface area contributed by atoms with E-state index in [4.69, 9.17) is 0 Å². The molecule has 0 radical (unpaired) electrons. The summed E-state index contributed by atoms with van der Waals surface area (Å²) >= 11 is 0. The monoisotopic (exact) mass is 283 g/mol. The summed E-state index contributed by atoms with van der Waals surface area (Å²) in [4.78, 5) is 0.